The second-order valence-corrected chi connectivity index (χ2v) is 4.34. The molecule has 3 nitrogen and oxygen atoms in total. The maximum absolute atomic E-state index is 4.39. The summed E-state index contributed by atoms with van der Waals surface area (Å²) in [7, 11) is 0. The van der Waals surface area contributed by atoms with Crippen LogP contribution in [0.5, 0.6) is 0 Å². The minimum Gasteiger partial charge on any atom is -0.326 e. The molecule has 0 fully saturated rings. The maximum Gasteiger partial charge on any atom is 0.114 e. The average molecular weight is 207 g/mol. The van der Waals surface area contributed by atoms with Gasteiger partial charge in [0.1, 0.15) is 5.84 Å². The first-order valence-corrected chi connectivity index (χ1v) is 5.42. The van der Waals surface area contributed by atoms with Gasteiger partial charge in [-0.2, -0.15) is 4.40 Å². The first-order valence-electron chi connectivity index (χ1n) is 4.65. The minimum atomic E-state index is 0.431. The number of pyridine rings is 1. The third-order valence-corrected chi connectivity index (χ3v) is 3.03. The Hall–Kier alpha value is -1.03. The van der Waals surface area contributed by atoms with Crippen LogP contribution in [-0.2, 0) is 0 Å². The summed E-state index contributed by atoms with van der Waals surface area (Å²) in [4.78, 5) is 7.46. The Labute approximate surface area is 88.4 Å². The summed E-state index contributed by atoms with van der Waals surface area (Å²) in [6, 6.07) is 2.47. The van der Waals surface area contributed by atoms with Gasteiger partial charge in [0.05, 0.1) is 10.6 Å². The molecule has 14 heavy (non-hydrogen) atoms. The van der Waals surface area contributed by atoms with Gasteiger partial charge in [-0.25, -0.2) is 0 Å². The quantitative estimate of drug-likeness (QED) is 0.663. The number of fused-ring (bicyclic) bond motifs is 1. The van der Waals surface area contributed by atoms with Gasteiger partial charge in [-0.3, -0.25) is 4.98 Å². The van der Waals surface area contributed by atoms with Crippen molar-refractivity contribution in [3.63, 3.8) is 0 Å². The smallest absolute Gasteiger partial charge is 0.114 e. The van der Waals surface area contributed by atoms with E-state index in [1.54, 1.807) is 0 Å². The van der Waals surface area contributed by atoms with Crippen LogP contribution < -0.4 is 4.90 Å². The predicted octanol–water partition coefficient (Wildman–Crippen LogP) is 2.74. The standard InChI is InChI=1S/C10H13N3S/c1-7(2)13-8(3)12-14-10-6-11-5-4-9(10)13/h4-7H,1-3H3. The van der Waals surface area contributed by atoms with Crippen LogP contribution >= 0.6 is 11.9 Å². The molecule has 0 aromatic carbocycles. The van der Waals surface area contributed by atoms with Crippen molar-refractivity contribution < 1.29 is 0 Å². The van der Waals surface area contributed by atoms with Gasteiger partial charge in [-0.1, -0.05) is 0 Å². The molecule has 0 saturated carbocycles. The van der Waals surface area contributed by atoms with Crippen molar-refractivity contribution in [2.24, 2.45) is 4.40 Å². The third kappa shape index (κ3) is 1.50. The summed E-state index contributed by atoms with van der Waals surface area (Å²) < 4.78 is 4.39. The number of nitrogens with zero attached hydrogens (tertiary/aromatic N) is 3. The second kappa shape index (κ2) is 3.61. The van der Waals surface area contributed by atoms with E-state index in [-0.39, 0.29) is 0 Å². The second-order valence-electron chi connectivity index (χ2n) is 3.54. The molecular weight excluding hydrogens is 194 g/mol. The van der Waals surface area contributed by atoms with Crippen molar-refractivity contribution in [1.29, 1.82) is 0 Å². The lowest BCUT2D eigenvalue weighted by Gasteiger charge is -2.32. The molecule has 0 spiro atoms. The highest BCUT2D eigenvalue weighted by molar-refractivity contribution is 7.98. The van der Waals surface area contributed by atoms with E-state index in [9.17, 15) is 0 Å². The van der Waals surface area contributed by atoms with Gasteiger partial charge in [0.15, 0.2) is 0 Å². The molecule has 0 unspecified atom stereocenters. The van der Waals surface area contributed by atoms with Crippen molar-refractivity contribution in [3.8, 4) is 0 Å². The molecule has 1 aromatic heterocycles. The van der Waals surface area contributed by atoms with Crippen LogP contribution in [0.25, 0.3) is 0 Å². The zero-order chi connectivity index (χ0) is 10.1. The van der Waals surface area contributed by atoms with Gasteiger partial charge in [-0.05, 0) is 26.8 Å². The third-order valence-electron chi connectivity index (χ3n) is 2.16. The number of anilines is 1. The summed E-state index contributed by atoms with van der Waals surface area (Å²) in [6.07, 6.45) is 3.69. The van der Waals surface area contributed by atoms with E-state index in [1.807, 2.05) is 25.4 Å². The molecule has 0 atom stereocenters. The van der Waals surface area contributed by atoms with Crippen molar-refractivity contribution in [2.75, 3.05) is 4.90 Å². The molecule has 0 radical (unpaired) electrons. The molecule has 0 amide bonds. The summed E-state index contributed by atoms with van der Waals surface area (Å²) in [6.45, 7) is 6.37. The van der Waals surface area contributed by atoms with Crippen LogP contribution in [0.15, 0.2) is 27.8 Å². The monoisotopic (exact) mass is 207 g/mol. The summed E-state index contributed by atoms with van der Waals surface area (Å²) in [5.41, 5.74) is 1.22. The molecule has 0 aliphatic carbocycles. The van der Waals surface area contributed by atoms with Gasteiger partial charge < -0.3 is 4.90 Å². The Bertz CT molecular complexity index is 373. The number of hydrogen-bond acceptors (Lipinski definition) is 4. The van der Waals surface area contributed by atoms with E-state index in [4.69, 9.17) is 0 Å². The Morgan fingerprint density at radius 2 is 2.21 bits per heavy atom. The molecule has 1 aliphatic heterocycles. The molecular formula is C10H13N3S. The fraction of sp³-hybridized carbons (Fsp3) is 0.400. The number of aromatic nitrogens is 1. The fourth-order valence-corrected chi connectivity index (χ4v) is 2.31. The van der Waals surface area contributed by atoms with Gasteiger partial charge in [-0.15, -0.1) is 0 Å². The van der Waals surface area contributed by atoms with Gasteiger partial charge in [0.2, 0.25) is 0 Å². The minimum absolute atomic E-state index is 0.431. The Balaban J connectivity index is 2.47. The normalized spacial score (nSPS) is 15.4. The van der Waals surface area contributed by atoms with Crippen molar-refractivity contribution in [2.45, 2.75) is 31.7 Å². The molecule has 0 saturated heterocycles. The average Bonchev–Trinajstić information content (AvgIpc) is 2.17. The van der Waals surface area contributed by atoms with E-state index in [0.717, 1.165) is 10.7 Å². The summed E-state index contributed by atoms with van der Waals surface area (Å²) in [5.74, 6) is 1.06. The zero-order valence-corrected chi connectivity index (χ0v) is 9.38. The van der Waals surface area contributed by atoms with Crippen molar-refractivity contribution in [1.82, 2.24) is 4.98 Å². The molecule has 0 N–H and O–H groups in total. The lowest BCUT2D eigenvalue weighted by atomic mass is 10.2. The number of amidine groups is 1. The Morgan fingerprint density at radius 1 is 1.43 bits per heavy atom. The maximum atomic E-state index is 4.39. The van der Waals surface area contributed by atoms with Gasteiger partial charge in [0, 0.05) is 30.4 Å². The molecule has 1 aromatic rings. The van der Waals surface area contributed by atoms with Crippen LogP contribution in [0, 0.1) is 0 Å². The lowest BCUT2D eigenvalue weighted by molar-refractivity contribution is 0.795. The molecule has 4 heteroatoms. The van der Waals surface area contributed by atoms with E-state index >= 15 is 0 Å². The molecule has 74 valence electrons. The Morgan fingerprint density at radius 3 is 2.93 bits per heavy atom. The van der Waals surface area contributed by atoms with Crippen LogP contribution in [0.2, 0.25) is 0 Å². The summed E-state index contributed by atoms with van der Waals surface area (Å²) in [5, 5.41) is 0. The SMILES string of the molecule is CC1=NSc2cnccc2N1C(C)C. The zero-order valence-electron chi connectivity index (χ0n) is 8.56. The van der Waals surface area contributed by atoms with Crippen LogP contribution in [0.3, 0.4) is 0 Å². The molecule has 2 heterocycles. The van der Waals surface area contributed by atoms with E-state index in [2.05, 4.69) is 28.1 Å². The highest BCUT2D eigenvalue weighted by atomic mass is 32.2. The molecule has 2 rings (SSSR count). The van der Waals surface area contributed by atoms with E-state index in [0.29, 0.717) is 6.04 Å². The lowest BCUT2D eigenvalue weighted by Crippen LogP contribution is -2.36. The summed E-state index contributed by atoms with van der Waals surface area (Å²) >= 11 is 1.50. The highest BCUT2D eigenvalue weighted by Crippen LogP contribution is 2.35. The number of rotatable bonds is 1. The largest absolute Gasteiger partial charge is 0.326 e. The van der Waals surface area contributed by atoms with Crippen LogP contribution in [0.1, 0.15) is 20.8 Å². The molecule has 1 aliphatic rings. The van der Waals surface area contributed by atoms with Crippen LogP contribution in [0.4, 0.5) is 5.69 Å². The Kier molecular flexibility index (Phi) is 2.46. The first kappa shape index (κ1) is 9.52. The number of hydrogen-bond donors (Lipinski definition) is 0. The van der Waals surface area contributed by atoms with E-state index in [1.165, 1.54) is 17.6 Å². The fourth-order valence-electron chi connectivity index (χ4n) is 1.63. The topological polar surface area (TPSA) is 28.5 Å². The predicted molar refractivity (Wildman–Crippen MR) is 60.8 cm³/mol. The van der Waals surface area contributed by atoms with Crippen molar-refractivity contribution >= 4 is 23.5 Å². The van der Waals surface area contributed by atoms with Crippen molar-refractivity contribution in [3.05, 3.63) is 18.5 Å². The molecule has 0 bridgehead atoms. The first-order chi connectivity index (χ1) is 6.70. The van der Waals surface area contributed by atoms with Gasteiger partial charge in [0.25, 0.3) is 0 Å². The van der Waals surface area contributed by atoms with E-state index < -0.39 is 0 Å². The van der Waals surface area contributed by atoms with Gasteiger partial charge >= 0.3 is 0 Å². The highest BCUT2D eigenvalue weighted by Gasteiger charge is 2.21. The van der Waals surface area contributed by atoms with Crippen LogP contribution in [-0.4, -0.2) is 16.9 Å².